The highest BCUT2D eigenvalue weighted by atomic mass is 19.1. The number of halogens is 1. The van der Waals surface area contributed by atoms with E-state index < -0.39 is 6.04 Å². The van der Waals surface area contributed by atoms with Gasteiger partial charge in [0.25, 0.3) is 0 Å². The van der Waals surface area contributed by atoms with Crippen LogP contribution >= 0.6 is 0 Å². The molecular formula is C16H24FNO2. The highest BCUT2D eigenvalue weighted by Gasteiger charge is 2.18. The fraction of sp³-hybridized carbons (Fsp3) is 0.562. The fourth-order valence-electron chi connectivity index (χ4n) is 2.12. The standard InChI is InChI=1S/C16H24FNO2/c1-3-4-5-6-7-11-15(16(19)20-2)18-14-10-8-9-13(17)12-14/h8-10,12,15,18H,3-7,11H2,1-2H3. The Hall–Kier alpha value is -1.58. The Kier molecular flexibility index (Phi) is 7.70. The molecule has 3 nitrogen and oxygen atoms in total. The van der Waals surface area contributed by atoms with Crippen molar-refractivity contribution < 1.29 is 13.9 Å². The zero-order chi connectivity index (χ0) is 14.8. The van der Waals surface area contributed by atoms with Crippen LogP contribution in [0.2, 0.25) is 0 Å². The second-order valence-corrected chi connectivity index (χ2v) is 4.93. The molecule has 112 valence electrons. The number of carbonyl (C=O) groups is 1. The van der Waals surface area contributed by atoms with Crippen LogP contribution < -0.4 is 5.32 Å². The van der Waals surface area contributed by atoms with Gasteiger partial charge in [-0.25, -0.2) is 9.18 Å². The van der Waals surface area contributed by atoms with Crippen LogP contribution in [0.3, 0.4) is 0 Å². The highest BCUT2D eigenvalue weighted by molar-refractivity contribution is 5.79. The highest BCUT2D eigenvalue weighted by Crippen LogP contribution is 2.15. The van der Waals surface area contributed by atoms with Crippen LogP contribution in [0.1, 0.15) is 45.4 Å². The van der Waals surface area contributed by atoms with Crippen LogP contribution in [0.5, 0.6) is 0 Å². The number of hydrogen-bond acceptors (Lipinski definition) is 3. The van der Waals surface area contributed by atoms with Crippen LogP contribution in [0.15, 0.2) is 24.3 Å². The molecule has 0 bridgehead atoms. The van der Waals surface area contributed by atoms with Gasteiger partial charge in [-0.05, 0) is 24.6 Å². The third-order valence-electron chi connectivity index (χ3n) is 3.25. The number of esters is 1. The molecule has 0 heterocycles. The van der Waals surface area contributed by atoms with Crippen LogP contribution in [0.25, 0.3) is 0 Å². The van der Waals surface area contributed by atoms with E-state index in [0.29, 0.717) is 12.1 Å². The lowest BCUT2D eigenvalue weighted by atomic mass is 10.1. The van der Waals surface area contributed by atoms with Gasteiger partial charge in [0, 0.05) is 5.69 Å². The summed E-state index contributed by atoms with van der Waals surface area (Å²) in [5.41, 5.74) is 0.606. The van der Waals surface area contributed by atoms with Gasteiger partial charge in [0.15, 0.2) is 0 Å². The molecule has 0 radical (unpaired) electrons. The van der Waals surface area contributed by atoms with Crippen LogP contribution in [-0.2, 0) is 9.53 Å². The predicted octanol–water partition coefficient (Wildman–Crippen LogP) is 4.14. The number of carbonyl (C=O) groups excluding carboxylic acids is 1. The molecule has 1 N–H and O–H groups in total. The largest absolute Gasteiger partial charge is 0.467 e. The Balaban J connectivity index is 2.49. The molecule has 0 aliphatic heterocycles. The molecule has 0 spiro atoms. The van der Waals surface area contributed by atoms with E-state index in [1.54, 1.807) is 12.1 Å². The molecule has 1 rings (SSSR count). The number of unbranched alkanes of at least 4 members (excludes halogenated alkanes) is 4. The van der Waals surface area contributed by atoms with Crippen LogP contribution in [0.4, 0.5) is 10.1 Å². The first kappa shape index (κ1) is 16.5. The molecular weight excluding hydrogens is 257 g/mol. The first-order chi connectivity index (χ1) is 9.67. The molecule has 0 aliphatic carbocycles. The predicted molar refractivity (Wildman–Crippen MR) is 79.2 cm³/mol. The van der Waals surface area contributed by atoms with Crippen molar-refractivity contribution in [1.82, 2.24) is 0 Å². The Bertz CT molecular complexity index is 409. The third-order valence-corrected chi connectivity index (χ3v) is 3.25. The monoisotopic (exact) mass is 281 g/mol. The van der Waals surface area contributed by atoms with E-state index in [1.807, 2.05) is 0 Å². The molecule has 1 aromatic rings. The van der Waals surface area contributed by atoms with Crippen molar-refractivity contribution in [2.24, 2.45) is 0 Å². The molecule has 1 aromatic carbocycles. The van der Waals surface area contributed by atoms with Crippen LogP contribution in [0, 0.1) is 5.82 Å². The van der Waals surface area contributed by atoms with E-state index in [1.165, 1.54) is 38.5 Å². The molecule has 0 amide bonds. The van der Waals surface area contributed by atoms with Gasteiger partial charge in [-0.15, -0.1) is 0 Å². The average Bonchev–Trinajstić information content (AvgIpc) is 2.45. The Morgan fingerprint density at radius 3 is 2.70 bits per heavy atom. The summed E-state index contributed by atoms with van der Waals surface area (Å²) in [4.78, 5) is 11.7. The van der Waals surface area contributed by atoms with E-state index in [9.17, 15) is 9.18 Å². The minimum absolute atomic E-state index is 0.301. The van der Waals surface area contributed by atoms with Crippen LogP contribution in [-0.4, -0.2) is 19.1 Å². The van der Waals surface area contributed by atoms with E-state index in [2.05, 4.69) is 12.2 Å². The maximum atomic E-state index is 13.1. The van der Waals surface area contributed by atoms with Gasteiger partial charge < -0.3 is 10.1 Å². The van der Waals surface area contributed by atoms with E-state index in [0.717, 1.165) is 12.8 Å². The van der Waals surface area contributed by atoms with Gasteiger partial charge in [-0.3, -0.25) is 0 Å². The van der Waals surface area contributed by atoms with Gasteiger partial charge in [-0.2, -0.15) is 0 Å². The number of methoxy groups -OCH3 is 1. The van der Waals surface area contributed by atoms with Gasteiger partial charge in [-0.1, -0.05) is 45.1 Å². The van der Waals surface area contributed by atoms with Gasteiger partial charge >= 0.3 is 5.97 Å². The normalized spacial score (nSPS) is 11.9. The summed E-state index contributed by atoms with van der Waals surface area (Å²) in [6, 6.07) is 5.71. The number of benzene rings is 1. The zero-order valence-electron chi connectivity index (χ0n) is 12.3. The van der Waals surface area contributed by atoms with E-state index in [-0.39, 0.29) is 11.8 Å². The number of anilines is 1. The van der Waals surface area contributed by atoms with Crippen molar-refractivity contribution in [1.29, 1.82) is 0 Å². The zero-order valence-corrected chi connectivity index (χ0v) is 12.3. The minimum Gasteiger partial charge on any atom is -0.467 e. The molecule has 0 saturated carbocycles. The first-order valence-electron chi connectivity index (χ1n) is 7.27. The van der Waals surface area contributed by atoms with Crippen molar-refractivity contribution in [3.8, 4) is 0 Å². The maximum absolute atomic E-state index is 13.1. The van der Waals surface area contributed by atoms with Crippen molar-refractivity contribution >= 4 is 11.7 Å². The smallest absolute Gasteiger partial charge is 0.328 e. The summed E-state index contributed by atoms with van der Waals surface area (Å²) in [6.45, 7) is 2.17. The lowest BCUT2D eigenvalue weighted by Crippen LogP contribution is -2.30. The number of hydrogen-bond donors (Lipinski definition) is 1. The fourth-order valence-corrected chi connectivity index (χ4v) is 2.12. The lowest BCUT2D eigenvalue weighted by Gasteiger charge is -2.17. The molecule has 4 heteroatoms. The van der Waals surface area contributed by atoms with Gasteiger partial charge in [0.1, 0.15) is 11.9 Å². The van der Waals surface area contributed by atoms with E-state index in [4.69, 9.17) is 4.74 Å². The number of ether oxygens (including phenoxy) is 1. The summed E-state index contributed by atoms with van der Waals surface area (Å²) in [7, 11) is 1.37. The molecule has 0 aromatic heterocycles. The summed E-state index contributed by atoms with van der Waals surface area (Å²) in [6.07, 6.45) is 6.37. The molecule has 1 atom stereocenters. The van der Waals surface area contributed by atoms with Crippen molar-refractivity contribution in [3.63, 3.8) is 0 Å². The molecule has 0 aliphatic rings. The summed E-state index contributed by atoms with van der Waals surface area (Å²) in [5, 5.41) is 3.05. The molecule has 0 saturated heterocycles. The van der Waals surface area contributed by atoms with Gasteiger partial charge in [0.2, 0.25) is 0 Å². The van der Waals surface area contributed by atoms with Crippen molar-refractivity contribution in [2.45, 2.75) is 51.5 Å². The first-order valence-corrected chi connectivity index (χ1v) is 7.27. The average molecular weight is 281 g/mol. The SMILES string of the molecule is CCCCCCCC(Nc1cccc(F)c1)C(=O)OC. The minimum atomic E-state index is -0.413. The Morgan fingerprint density at radius 1 is 1.30 bits per heavy atom. The summed E-state index contributed by atoms with van der Waals surface area (Å²) < 4.78 is 17.9. The Morgan fingerprint density at radius 2 is 2.05 bits per heavy atom. The molecule has 20 heavy (non-hydrogen) atoms. The summed E-state index contributed by atoms with van der Waals surface area (Å²) >= 11 is 0. The van der Waals surface area contributed by atoms with E-state index >= 15 is 0 Å². The lowest BCUT2D eigenvalue weighted by molar-refractivity contribution is -0.141. The topological polar surface area (TPSA) is 38.3 Å². The number of nitrogens with one attached hydrogen (secondary N) is 1. The summed E-state index contributed by atoms with van der Waals surface area (Å²) in [5.74, 6) is -0.619. The maximum Gasteiger partial charge on any atom is 0.328 e. The molecule has 0 fully saturated rings. The van der Waals surface area contributed by atoms with Crippen molar-refractivity contribution in [3.05, 3.63) is 30.1 Å². The quantitative estimate of drug-likeness (QED) is 0.546. The van der Waals surface area contributed by atoms with Crippen molar-refractivity contribution in [2.75, 3.05) is 12.4 Å². The van der Waals surface area contributed by atoms with Gasteiger partial charge in [0.05, 0.1) is 7.11 Å². The Labute approximate surface area is 120 Å². The second kappa shape index (κ2) is 9.34. The molecule has 1 unspecified atom stereocenters. The third kappa shape index (κ3) is 6.04. The number of rotatable bonds is 9. The second-order valence-electron chi connectivity index (χ2n) is 4.93.